The molecule has 8 heteroatoms. The lowest BCUT2D eigenvalue weighted by molar-refractivity contribution is -0.262. The first-order valence-electron chi connectivity index (χ1n) is 16.0. The largest absolute Gasteiger partial charge is 0.472 e. The van der Waals surface area contributed by atoms with E-state index in [2.05, 4.69) is 27.7 Å². The van der Waals surface area contributed by atoms with Crippen LogP contribution < -0.4 is 0 Å². The Balaban J connectivity index is 1.50. The van der Waals surface area contributed by atoms with Gasteiger partial charge in [-0.25, -0.2) is 9.59 Å². The van der Waals surface area contributed by atoms with Crippen molar-refractivity contribution in [2.75, 3.05) is 6.61 Å². The fraction of sp³-hybridized carbons (Fsp3) is 0.639. The molecular formula is C36H46O8. The van der Waals surface area contributed by atoms with Crippen molar-refractivity contribution in [2.24, 2.45) is 33.5 Å². The maximum atomic E-state index is 13.8. The molecule has 1 aliphatic heterocycles. The van der Waals surface area contributed by atoms with Gasteiger partial charge >= 0.3 is 11.9 Å². The first kappa shape index (κ1) is 31.0. The molecule has 1 saturated heterocycles. The summed E-state index contributed by atoms with van der Waals surface area (Å²) in [5.74, 6) is -1.63. The number of carbonyl (C=O) groups excluding carboxylic acids is 3. The average Bonchev–Trinajstić information content (AvgIpc) is 3.70. The Morgan fingerprint density at radius 1 is 1.05 bits per heavy atom. The normalized spacial score (nSPS) is 44.8. The molecule has 44 heavy (non-hydrogen) atoms. The van der Waals surface area contributed by atoms with Gasteiger partial charge in [-0.15, -0.1) is 0 Å². The zero-order valence-electron chi connectivity index (χ0n) is 27.1. The third kappa shape index (κ3) is 3.92. The number of allylic oxidation sites excluding steroid dienone is 3. The zero-order chi connectivity index (χ0) is 32.0. The number of esters is 2. The minimum Gasteiger partial charge on any atom is -0.472 e. The standard InChI is InChI=1S/C36H46O8/c1-9-19(3)31(39)43-26-16-25(38)36(8)23-11-13-33(5)24(15-22(37)27(33)21-12-14-41-17-21)35(23,7)30(44-32(40)20(4)10-2)28-29(36)34(26,6)18-42-28/h9-10,12,14-15,17,23,25-30,38H,11,13,16,18H2,1-8H3/b19-9+,20-10+/t23-,25-,26+,27+,28+,29-,30+,33+,34+,35+,36-/m0/s1. The van der Waals surface area contributed by atoms with Crippen LogP contribution in [0.4, 0.5) is 0 Å². The summed E-state index contributed by atoms with van der Waals surface area (Å²) in [7, 11) is 0. The molecule has 0 aromatic carbocycles. The second kappa shape index (κ2) is 10.3. The lowest BCUT2D eigenvalue weighted by atomic mass is 9.36. The summed E-state index contributed by atoms with van der Waals surface area (Å²) in [5.41, 5.74) is 0.167. The van der Waals surface area contributed by atoms with Crippen LogP contribution >= 0.6 is 0 Å². The van der Waals surface area contributed by atoms with Crippen LogP contribution in [0, 0.1) is 33.5 Å². The first-order chi connectivity index (χ1) is 20.7. The molecule has 6 rings (SSSR count). The van der Waals surface area contributed by atoms with Crippen LogP contribution in [0.5, 0.6) is 0 Å². The van der Waals surface area contributed by atoms with Crippen molar-refractivity contribution in [1.29, 1.82) is 0 Å². The van der Waals surface area contributed by atoms with Crippen molar-refractivity contribution in [3.05, 3.63) is 59.1 Å². The number of carbonyl (C=O) groups is 3. The van der Waals surface area contributed by atoms with Crippen LogP contribution in [-0.4, -0.2) is 53.9 Å². The van der Waals surface area contributed by atoms with E-state index in [0.717, 1.165) is 24.0 Å². The molecule has 11 atom stereocenters. The minimum atomic E-state index is -0.808. The molecule has 1 aromatic heterocycles. The molecule has 4 fully saturated rings. The van der Waals surface area contributed by atoms with Gasteiger partial charge in [0.15, 0.2) is 5.78 Å². The van der Waals surface area contributed by atoms with E-state index < -0.39 is 63.9 Å². The molecule has 8 nitrogen and oxygen atoms in total. The molecule has 4 aliphatic carbocycles. The number of aliphatic hydroxyl groups is 1. The number of aliphatic hydroxyl groups excluding tert-OH is 1. The number of rotatable bonds is 5. The molecule has 0 bridgehead atoms. The van der Waals surface area contributed by atoms with Gasteiger partial charge in [-0.3, -0.25) is 4.79 Å². The monoisotopic (exact) mass is 606 g/mol. The molecule has 0 radical (unpaired) electrons. The van der Waals surface area contributed by atoms with Crippen LogP contribution in [0.25, 0.3) is 0 Å². The van der Waals surface area contributed by atoms with Gasteiger partial charge < -0.3 is 23.7 Å². The Bertz CT molecular complexity index is 1470. The molecule has 3 saturated carbocycles. The van der Waals surface area contributed by atoms with E-state index in [1.165, 1.54) is 0 Å². The van der Waals surface area contributed by atoms with Crippen molar-refractivity contribution >= 4 is 17.7 Å². The molecule has 1 N–H and O–H groups in total. The maximum Gasteiger partial charge on any atom is 0.333 e. The van der Waals surface area contributed by atoms with E-state index in [-0.39, 0.29) is 24.0 Å². The molecule has 1 aromatic rings. The Kier molecular flexibility index (Phi) is 7.25. The van der Waals surface area contributed by atoms with E-state index >= 15 is 0 Å². The average molecular weight is 607 g/mol. The van der Waals surface area contributed by atoms with Gasteiger partial charge in [-0.05, 0) is 64.2 Å². The van der Waals surface area contributed by atoms with Crippen molar-refractivity contribution in [1.82, 2.24) is 0 Å². The lowest BCUT2D eigenvalue weighted by Gasteiger charge is -2.69. The van der Waals surface area contributed by atoms with Gasteiger partial charge in [-0.1, -0.05) is 39.8 Å². The predicted octanol–water partition coefficient (Wildman–Crippen LogP) is 5.86. The molecule has 2 heterocycles. The molecule has 238 valence electrons. The Labute approximate surface area is 259 Å². The number of hydrogen-bond acceptors (Lipinski definition) is 8. The number of ketones is 1. The third-order valence-electron chi connectivity index (χ3n) is 12.8. The first-order valence-corrected chi connectivity index (χ1v) is 16.0. The molecule has 0 amide bonds. The minimum absolute atomic E-state index is 0.0143. The van der Waals surface area contributed by atoms with Crippen molar-refractivity contribution in [2.45, 2.75) is 105 Å². The second-order valence-corrected chi connectivity index (χ2v) is 14.8. The fourth-order valence-electron chi connectivity index (χ4n) is 10.3. The summed E-state index contributed by atoms with van der Waals surface area (Å²) >= 11 is 0. The molecule has 5 aliphatic rings. The van der Waals surface area contributed by atoms with Crippen LogP contribution in [-0.2, 0) is 28.6 Å². The van der Waals surface area contributed by atoms with E-state index in [9.17, 15) is 19.5 Å². The number of hydrogen-bond donors (Lipinski definition) is 1. The highest BCUT2D eigenvalue weighted by molar-refractivity contribution is 6.00. The highest BCUT2D eigenvalue weighted by Crippen LogP contribution is 2.75. The smallest absolute Gasteiger partial charge is 0.333 e. The Hall–Kier alpha value is -2.97. The number of ether oxygens (including phenoxy) is 3. The summed E-state index contributed by atoms with van der Waals surface area (Å²) in [6, 6.07) is 1.86. The van der Waals surface area contributed by atoms with Crippen LogP contribution in [0.3, 0.4) is 0 Å². The van der Waals surface area contributed by atoms with Crippen LogP contribution in [0.15, 0.2) is 58.0 Å². The maximum absolute atomic E-state index is 13.8. The molecule has 0 spiro atoms. The fourth-order valence-corrected chi connectivity index (χ4v) is 10.3. The topological polar surface area (TPSA) is 112 Å². The highest BCUT2D eigenvalue weighted by Gasteiger charge is 2.78. The van der Waals surface area contributed by atoms with Gasteiger partial charge in [-0.2, -0.15) is 0 Å². The lowest BCUT2D eigenvalue weighted by Crippen LogP contribution is -2.73. The summed E-state index contributed by atoms with van der Waals surface area (Å²) in [6.45, 7) is 15.8. The van der Waals surface area contributed by atoms with Gasteiger partial charge in [0.2, 0.25) is 0 Å². The van der Waals surface area contributed by atoms with E-state index in [4.69, 9.17) is 18.6 Å². The van der Waals surface area contributed by atoms with Gasteiger partial charge in [0, 0.05) is 50.7 Å². The second-order valence-electron chi connectivity index (χ2n) is 14.8. The van der Waals surface area contributed by atoms with E-state index in [1.54, 1.807) is 58.4 Å². The number of furan rings is 1. The third-order valence-corrected chi connectivity index (χ3v) is 12.8. The van der Waals surface area contributed by atoms with Crippen LogP contribution in [0.2, 0.25) is 0 Å². The Morgan fingerprint density at radius 3 is 2.32 bits per heavy atom. The number of fused-ring (bicyclic) bond motifs is 4. The summed E-state index contributed by atoms with van der Waals surface area (Å²) < 4.78 is 24.7. The molecule has 0 unspecified atom stereocenters. The molecular weight excluding hydrogens is 560 g/mol. The summed E-state index contributed by atoms with van der Waals surface area (Å²) in [6.07, 6.45) is 7.53. The van der Waals surface area contributed by atoms with Crippen molar-refractivity contribution < 1.29 is 38.1 Å². The summed E-state index contributed by atoms with van der Waals surface area (Å²) in [5, 5.41) is 12.2. The van der Waals surface area contributed by atoms with Gasteiger partial charge in [0.25, 0.3) is 0 Å². The SMILES string of the molecule is C/C=C(\C)C(=O)O[C@@H]1[C@@H]2OC[C@]3(C)[C@H](OC(=O)/C(C)=C/C)C[C@H](O)[C@@](C)([C@@H]23)[C@H]2CC[C@]3(C)C(=CC(=O)[C@H]3c3ccoc3)[C@]12C. The Morgan fingerprint density at radius 2 is 1.70 bits per heavy atom. The quantitative estimate of drug-likeness (QED) is 0.328. The van der Waals surface area contributed by atoms with Gasteiger partial charge in [0.1, 0.15) is 12.2 Å². The van der Waals surface area contributed by atoms with E-state index in [0.29, 0.717) is 17.8 Å². The van der Waals surface area contributed by atoms with E-state index in [1.807, 2.05) is 6.07 Å². The van der Waals surface area contributed by atoms with Gasteiger partial charge in [0.05, 0.1) is 37.3 Å². The highest BCUT2D eigenvalue weighted by atomic mass is 16.6. The zero-order valence-corrected chi connectivity index (χ0v) is 27.1. The van der Waals surface area contributed by atoms with Crippen molar-refractivity contribution in [3.8, 4) is 0 Å². The van der Waals surface area contributed by atoms with Crippen LogP contribution in [0.1, 0.15) is 86.1 Å². The predicted molar refractivity (Wildman–Crippen MR) is 162 cm³/mol. The summed E-state index contributed by atoms with van der Waals surface area (Å²) in [4.78, 5) is 40.4. The van der Waals surface area contributed by atoms with Crippen molar-refractivity contribution in [3.63, 3.8) is 0 Å².